The molecule has 7 rings (SSSR count). The predicted octanol–water partition coefficient (Wildman–Crippen LogP) is 6.13. The summed E-state index contributed by atoms with van der Waals surface area (Å²) in [5, 5.41) is 0. The molecule has 4 aliphatic rings. The maximum Gasteiger partial charge on any atom is 0.260 e. The summed E-state index contributed by atoms with van der Waals surface area (Å²) in [6.07, 6.45) is 7.94. The third kappa shape index (κ3) is 5.34. The lowest BCUT2D eigenvalue weighted by atomic mass is 9.49. The molecule has 0 radical (unpaired) electrons. The Bertz CT molecular complexity index is 1580. The summed E-state index contributed by atoms with van der Waals surface area (Å²) >= 11 is 0. The largest absolute Gasteiger partial charge is 0.493 e. The fourth-order valence-corrected chi connectivity index (χ4v) is 9.81. The van der Waals surface area contributed by atoms with E-state index < -0.39 is 15.9 Å². The molecule has 2 bridgehead atoms. The minimum absolute atomic E-state index is 0.0984. The van der Waals surface area contributed by atoms with Gasteiger partial charge in [0, 0.05) is 23.5 Å². The molecule has 3 saturated carbocycles. The van der Waals surface area contributed by atoms with Crippen LogP contribution in [0.25, 0.3) is 11.5 Å². The van der Waals surface area contributed by atoms with Crippen LogP contribution >= 0.6 is 0 Å². The van der Waals surface area contributed by atoms with E-state index in [1.54, 1.807) is 6.08 Å². The lowest BCUT2D eigenvalue weighted by molar-refractivity contribution is -0.129. The molecule has 41 heavy (non-hydrogen) atoms. The predicted molar refractivity (Wildman–Crippen MR) is 158 cm³/mol. The summed E-state index contributed by atoms with van der Waals surface area (Å²) in [5.41, 5.74) is 2.63. The van der Waals surface area contributed by atoms with Crippen LogP contribution in [0.1, 0.15) is 56.5 Å². The number of hydrogen-bond donors (Lipinski definition) is 0. The Labute approximate surface area is 242 Å². The quantitative estimate of drug-likeness (QED) is 0.301. The molecule has 1 aromatic heterocycles. The first-order valence-electron chi connectivity index (χ1n) is 14.5. The number of fused-ring (bicyclic) bond motifs is 2. The molecule has 1 unspecified atom stereocenters. The van der Waals surface area contributed by atoms with Crippen LogP contribution in [0, 0.1) is 23.7 Å². The molecule has 7 nitrogen and oxygen atoms in total. The van der Waals surface area contributed by atoms with Crippen molar-refractivity contribution in [3.05, 3.63) is 83.8 Å². The molecule has 1 amide bonds. The van der Waals surface area contributed by atoms with Crippen LogP contribution in [0.3, 0.4) is 0 Å². The number of rotatable bonds is 8. The molecule has 1 spiro atoms. The maximum atomic E-state index is 13.2. The average Bonchev–Trinajstić information content (AvgIpc) is 3.41. The van der Waals surface area contributed by atoms with E-state index in [4.69, 9.17) is 9.15 Å². The minimum atomic E-state index is -3.61. The summed E-state index contributed by atoms with van der Waals surface area (Å²) < 4.78 is 39.4. The molecule has 216 valence electrons. The Morgan fingerprint density at radius 2 is 1.98 bits per heavy atom. The number of amides is 1. The van der Waals surface area contributed by atoms with E-state index in [0.29, 0.717) is 31.3 Å². The van der Waals surface area contributed by atoms with E-state index in [-0.39, 0.29) is 22.6 Å². The smallest absolute Gasteiger partial charge is 0.260 e. The highest BCUT2D eigenvalue weighted by Gasteiger charge is 2.64. The number of carbonyl (C=O) groups excluding carboxylic acids is 1. The number of oxazole rings is 1. The number of allylic oxidation sites excluding steroid dienone is 1. The zero-order chi connectivity index (χ0) is 28.8. The summed E-state index contributed by atoms with van der Waals surface area (Å²) in [5.74, 6) is 2.27. The molecule has 1 aliphatic heterocycles. The minimum Gasteiger partial charge on any atom is -0.493 e. The molecule has 1 saturated heterocycles. The van der Waals surface area contributed by atoms with Gasteiger partial charge in [0.25, 0.3) is 5.91 Å². The van der Waals surface area contributed by atoms with Gasteiger partial charge >= 0.3 is 0 Å². The second kappa shape index (κ2) is 10.5. The second-order valence-electron chi connectivity index (χ2n) is 12.6. The molecule has 8 heteroatoms. The summed E-state index contributed by atoms with van der Waals surface area (Å²) in [6, 6.07) is 17.4. The van der Waals surface area contributed by atoms with Gasteiger partial charge in [-0.05, 0) is 80.2 Å². The number of aromatic nitrogens is 1. The monoisotopic (exact) mass is 574 g/mol. The molecule has 2 aromatic carbocycles. The van der Waals surface area contributed by atoms with Crippen LogP contribution in [0.15, 0.2) is 71.2 Å². The van der Waals surface area contributed by atoms with Gasteiger partial charge < -0.3 is 9.15 Å². The van der Waals surface area contributed by atoms with Crippen LogP contribution in [-0.4, -0.2) is 42.0 Å². The first-order valence-corrected chi connectivity index (χ1v) is 16.1. The molecule has 0 N–H and O–H groups in total. The standard InChI is InChI=1S/C33H38N2O5S/c1-23-28(34-31(40-23)25-11-5-4-6-12-25)16-18-39-27-13-7-9-24(19-27)10-8-14-30(36)35-29-20-26-15-17-33(29,21-32(26,2)3)22-41(35,37)38/h4-9,11-14,19,26,29H,10,15-18,20-22H2,1-3H3/b14-8+/t26?,29-,33-/m1/s1. The van der Waals surface area contributed by atoms with Gasteiger partial charge in [0.1, 0.15) is 11.5 Å². The number of sulfonamides is 1. The molecular weight excluding hydrogens is 536 g/mol. The number of hydrogen-bond acceptors (Lipinski definition) is 6. The fraction of sp³-hybridized carbons (Fsp3) is 0.455. The highest BCUT2D eigenvalue weighted by molar-refractivity contribution is 7.90. The molecular formula is C33H38N2O5S. The van der Waals surface area contributed by atoms with E-state index in [2.05, 4.69) is 18.8 Å². The van der Waals surface area contributed by atoms with Gasteiger partial charge in [0.15, 0.2) is 0 Å². The molecule has 3 aromatic rings. The summed E-state index contributed by atoms with van der Waals surface area (Å²) in [6.45, 7) is 6.87. The third-order valence-corrected chi connectivity index (χ3v) is 11.4. The van der Waals surface area contributed by atoms with Crippen LogP contribution in [0.2, 0.25) is 0 Å². The Morgan fingerprint density at radius 1 is 1.17 bits per heavy atom. The SMILES string of the molecule is Cc1oc(-c2ccccc2)nc1CCOc1cccc(C/C=C/C(=O)N2[C@@H]3CC4CC[C@@]3(CC4(C)C)CS2(=O)=O)c1. The van der Waals surface area contributed by atoms with Gasteiger partial charge in [-0.3, -0.25) is 4.79 Å². The first kappa shape index (κ1) is 27.8. The number of ether oxygens (including phenoxy) is 1. The van der Waals surface area contributed by atoms with E-state index in [0.717, 1.165) is 54.0 Å². The molecule has 2 heterocycles. The van der Waals surface area contributed by atoms with Gasteiger partial charge in [-0.1, -0.05) is 50.3 Å². The third-order valence-electron chi connectivity index (χ3n) is 9.42. The van der Waals surface area contributed by atoms with Crippen molar-refractivity contribution in [1.82, 2.24) is 9.29 Å². The Kier molecular flexibility index (Phi) is 7.09. The number of aryl methyl sites for hydroxylation is 1. The van der Waals surface area contributed by atoms with Crippen LogP contribution in [0.5, 0.6) is 5.75 Å². The number of nitrogens with zero attached hydrogens (tertiary/aromatic N) is 2. The molecule has 3 atom stereocenters. The Balaban J connectivity index is 1.05. The Morgan fingerprint density at radius 3 is 2.76 bits per heavy atom. The topological polar surface area (TPSA) is 89.7 Å². The zero-order valence-electron chi connectivity index (χ0n) is 24.0. The van der Waals surface area contributed by atoms with Crippen molar-refractivity contribution in [2.24, 2.45) is 16.7 Å². The van der Waals surface area contributed by atoms with Gasteiger partial charge in [-0.2, -0.15) is 0 Å². The number of benzene rings is 2. The van der Waals surface area contributed by atoms with Crippen molar-refractivity contribution in [3.8, 4) is 17.2 Å². The fourth-order valence-electron chi connectivity index (χ4n) is 7.48. The zero-order valence-corrected chi connectivity index (χ0v) is 24.8. The number of carbonyl (C=O) groups is 1. The van der Waals surface area contributed by atoms with Gasteiger partial charge in [-0.25, -0.2) is 17.7 Å². The van der Waals surface area contributed by atoms with Gasteiger partial charge in [0.2, 0.25) is 15.9 Å². The molecule has 4 fully saturated rings. The normalized spacial score (nSPS) is 25.9. The van der Waals surface area contributed by atoms with Crippen molar-refractivity contribution >= 4 is 15.9 Å². The first-order chi connectivity index (χ1) is 19.6. The highest BCUT2D eigenvalue weighted by Crippen LogP contribution is 2.63. The lowest BCUT2D eigenvalue weighted by Gasteiger charge is -2.56. The summed E-state index contributed by atoms with van der Waals surface area (Å²) in [7, 11) is -3.61. The van der Waals surface area contributed by atoms with E-state index >= 15 is 0 Å². The van der Waals surface area contributed by atoms with E-state index in [1.807, 2.05) is 61.5 Å². The van der Waals surface area contributed by atoms with Crippen LogP contribution in [0.4, 0.5) is 0 Å². The lowest BCUT2D eigenvalue weighted by Crippen LogP contribution is -2.56. The maximum absolute atomic E-state index is 13.2. The van der Waals surface area contributed by atoms with E-state index in [1.165, 1.54) is 10.4 Å². The van der Waals surface area contributed by atoms with Crippen molar-refractivity contribution in [3.63, 3.8) is 0 Å². The van der Waals surface area contributed by atoms with Gasteiger partial charge in [0.05, 0.1) is 24.1 Å². The second-order valence-corrected chi connectivity index (χ2v) is 14.5. The Hall–Kier alpha value is -3.39. The van der Waals surface area contributed by atoms with Crippen molar-refractivity contribution in [2.75, 3.05) is 12.4 Å². The highest BCUT2D eigenvalue weighted by atomic mass is 32.2. The summed E-state index contributed by atoms with van der Waals surface area (Å²) in [4.78, 5) is 17.9. The average molecular weight is 575 g/mol. The van der Waals surface area contributed by atoms with E-state index in [9.17, 15) is 13.2 Å². The molecule has 3 aliphatic carbocycles. The van der Waals surface area contributed by atoms with Crippen molar-refractivity contribution in [2.45, 2.75) is 65.3 Å². The van der Waals surface area contributed by atoms with Crippen molar-refractivity contribution in [1.29, 1.82) is 0 Å². The van der Waals surface area contributed by atoms with Crippen molar-refractivity contribution < 1.29 is 22.4 Å². The van der Waals surface area contributed by atoms with Gasteiger partial charge in [-0.15, -0.1) is 0 Å². The van der Waals surface area contributed by atoms with Crippen LogP contribution < -0.4 is 4.74 Å². The van der Waals surface area contributed by atoms with Crippen LogP contribution in [-0.2, 0) is 27.7 Å².